The zero-order valence-corrected chi connectivity index (χ0v) is 14.5. The van der Waals surface area contributed by atoms with Crippen molar-refractivity contribution in [1.82, 2.24) is 4.90 Å². The van der Waals surface area contributed by atoms with Crippen molar-refractivity contribution in [2.24, 2.45) is 16.1 Å². The van der Waals surface area contributed by atoms with Gasteiger partial charge in [-0.2, -0.15) is 5.10 Å². The first-order chi connectivity index (χ1) is 12.1. The van der Waals surface area contributed by atoms with E-state index in [4.69, 9.17) is 15.4 Å². The van der Waals surface area contributed by atoms with E-state index in [1.165, 1.54) is 0 Å². The summed E-state index contributed by atoms with van der Waals surface area (Å²) < 4.78 is 5.01. The molecule has 1 fully saturated rings. The minimum atomic E-state index is -0.238. The van der Waals surface area contributed by atoms with Crippen LogP contribution in [-0.2, 0) is 14.4 Å². The summed E-state index contributed by atoms with van der Waals surface area (Å²) >= 11 is 0. The van der Waals surface area contributed by atoms with Crippen molar-refractivity contribution in [3.8, 4) is 0 Å². The molecule has 1 spiro atoms. The number of piperidine rings is 1. The summed E-state index contributed by atoms with van der Waals surface area (Å²) in [5.74, 6) is 5.00. The first kappa shape index (κ1) is 17.4. The Balaban J connectivity index is 1.54. The molecule has 0 unspecified atom stereocenters. The van der Waals surface area contributed by atoms with Gasteiger partial charge in [-0.1, -0.05) is 29.4 Å². The van der Waals surface area contributed by atoms with Crippen molar-refractivity contribution >= 4 is 17.9 Å². The van der Waals surface area contributed by atoms with E-state index in [1.807, 2.05) is 31.2 Å². The Bertz CT molecular complexity index is 661. The van der Waals surface area contributed by atoms with E-state index in [0.717, 1.165) is 49.2 Å². The maximum absolute atomic E-state index is 11.6. The van der Waals surface area contributed by atoms with E-state index in [1.54, 1.807) is 6.21 Å². The van der Waals surface area contributed by atoms with Crippen molar-refractivity contribution in [1.29, 1.82) is 0 Å². The fourth-order valence-corrected chi connectivity index (χ4v) is 3.30. The monoisotopic (exact) mass is 344 g/mol. The quantitative estimate of drug-likeness (QED) is 0.378. The maximum atomic E-state index is 11.6. The molecule has 25 heavy (non-hydrogen) atoms. The smallest absolute Gasteiger partial charge is 0.320 e. The Kier molecular flexibility index (Phi) is 5.33. The lowest BCUT2D eigenvalue weighted by molar-refractivity contribution is -0.146. The molecule has 1 saturated heterocycles. The third-order valence-electron chi connectivity index (χ3n) is 4.73. The van der Waals surface area contributed by atoms with Gasteiger partial charge < -0.3 is 15.4 Å². The Morgan fingerprint density at radius 2 is 2.12 bits per heavy atom. The highest BCUT2D eigenvalue weighted by atomic mass is 16.7. The van der Waals surface area contributed by atoms with Crippen LogP contribution in [0.4, 0.5) is 0 Å². The fraction of sp³-hybridized carbons (Fsp3) is 0.500. The van der Waals surface area contributed by atoms with E-state index in [2.05, 4.69) is 15.2 Å². The number of likely N-dealkylation sites (tertiary alicyclic amines) is 1. The number of hydrazone groups is 1. The lowest BCUT2D eigenvalue weighted by Gasteiger charge is -2.36. The molecule has 0 radical (unpaired) electrons. The second-order valence-electron chi connectivity index (χ2n) is 6.47. The standard InChI is InChI=1S/C18H24N4O3/c1-2-24-17(23)13-22-9-7-18(8-10-22)11-16(21-25-18)15-5-3-14(4-6-15)12-20-19/h3-6,12H,2,7-11,13,19H2,1H3. The molecule has 0 atom stereocenters. The van der Waals surface area contributed by atoms with Gasteiger partial charge >= 0.3 is 5.97 Å². The number of carbonyl (C=O) groups is 1. The predicted octanol–water partition coefficient (Wildman–Crippen LogP) is 1.50. The minimum Gasteiger partial charge on any atom is -0.465 e. The number of hydrogen-bond donors (Lipinski definition) is 1. The Hall–Kier alpha value is -2.41. The van der Waals surface area contributed by atoms with Crippen molar-refractivity contribution < 1.29 is 14.4 Å². The van der Waals surface area contributed by atoms with Crippen LogP contribution in [0.3, 0.4) is 0 Å². The lowest BCUT2D eigenvalue weighted by atomic mass is 9.85. The number of esters is 1. The Morgan fingerprint density at radius 1 is 1.40 bits per heavy atom. The number of rotatable bonds is 5. The molecule has 0 amide bonds. The van der Waals surface area contributed by atoms with Crippen LogP contribution < -0.4 is 5.84 Å². The highest BCUT2D eigenvalue weighted by Gasteiger charge is 2.42. The van der Waals surface area contributed by atoms with E-state index in [9.17, 15) is 4.79 Å². The minimum absolute atomic E-state index is 0.163. The van der Waals surface area contributed by atoms with E-state index < -0.39 is 0 Å². The lowest BCUT2D eigenvalue weighted by Crippen LogP contribution is -2.46. The molecule has 2 N–H and O–H groups in total. The molecule has 2 aliphatic heterocycles. The average Bonchev–Trinajstić information content (AvgIpc) is 3.02. The SMILES string of the molecule is CCOC(=O)CN1CCC2(CC1)CC(c1ccc(C=NN)cc1)=NO2. The molecule has 7 heteroatoms. The summed E-state index contributed by atoms with van der Waals surface area (Å²) in [6.45, 7) is 4.22. The van der Waals surface area contributed by atoms with Crippen LogP contribution in [-0.4, -0.2) is 54.6 Å². The maximum Gasteiger partial charge on any atom is 0.320 e. The summed E-state index contributed by atoms with van der Waals surface area (Å²) in [5.41, 5.74) is 2.74. The number of ether oxygens (including phenoxy) is 1. The molecule has 2 heterocycles. The molecule has 0 aromatic heterocycles. The fourth-order valence-electron chi connectivity index (χ4n) is 3.30. The normalized spacial score (nSPS) is 19.8. The highest BCUT2D eigenvalue weighted by Crippen LogP contribution is 2.36. The molecule has 0 bridgehead atoms. The number of nitrogens with two attached hydrogens (primary N) is 1. The number of nitrogens with zero attached hydrogens (tertiary/aromatic N) is 3. The molecule has 1 aromatic rings. The number of oxime groups is 1. The van der Waals surface area contributed by atoms with Crippen molar-refractivity contribution in [2.45, 2.75) is 31.8 Å². The van der Waals surface area contributed by atoms with Crippen LogP contribution >= 0.6 is 0 Å². The average molecular weight is 344 g/mol. The molecule has 0 saturated carbocycles. The van der Waals surface area contributed by atoms with Crippen molar-refractivity contribution in [3.63, 3.8) is 0 Å². The van der Waals surface area contributed by atoms with Gasteiger partial charge in [0.2, 0.25) is 0 Å². The summed E-state index contributed by atoms with van der Waals surface area (Å²) in [5, 5.41) is 7.85. The highest BCUT2D eigenvalue weighted by molar-refractivity contribution is 6.02. The number of carbonyl (C=O) groups excluding carboxylic acids is 1. The van der Waals surface area contributed by atoms with Crippen LogP contribution in [0.2, 0.25) is 0 Å². The molecular formula is C18H24N4O3. The Labute approximate surface area is 147 Å². The first-order valence-electron chi connectivity index (χ1n) is 8.61. The molecule has 2 aliphatic rings. The molecule has 1 aromatic carbocycles. The summed E-state index contributed by atoms with van der Waals surface area (Å²) in [6.07, 6.45) is 4.12. The summed E-state index contributed by atoms with van der Waals surface area (Å²) in [4.78, 5) is 19.5. The van der Waals surface area contributed by atoms with Crippen LogP contribution in [0, 0.1) is 0 Å². The third kappa shape index (κ3) is 4.17. The van der Waals surface area contributed by atoms with Crippen molar-refractivity contribution in [3.05, 3.63) is 35.4 Å². The van der Waals surface area contributed by atoms with Gasteiger partial charge in [0.1, 0.15) is 5.60 Å². The van der Waals surface area contributed by atoms with Gasteiger partial charge in [0.15, 0.2) is 0 Å². The van der Waals surface area contributed by atoms with Gasteiger partial charge in [-0.3, -0.25) is 9.69 Å². The zero-order chi connectivity index (χ0) is 17.7. The van der Waals surface area contributed by atoms with Crippen LogP contribution in [0.15, 0.2) is 34.5 Å². The van der Waals surface area contributed by atoms with E-state index >= 15 is 0 Å². The van der Waals surface area contributed by atoms with Gasteiger partial charge in [-0.25, -0.2) is 0 Å². The van der Waals surface area contributed by atoms with Crippen LogP contribution in [0.5, 0.6) is 0 Å². The second-order valence-corrected chi connectivity index (χ2v) is 6.47. The first-order valence-corrected chi connectivity index (χ1v) is 8.61. The molecule has 7 nitrogen and oxygen atoms in total. The molecule has 134 valence electrons. The van der Waals surface area contributed by atoms with E-state index in [0.29, 0.717) is 13.2 Å². The van der Waals surface area contributed by atoms with Crippen molar-refractivity contribution in [2.75, 3.05) is 26.2 Å². The second kappa shape index (κ2) is 7.65. The largest absolute Gasteiger partial charge is 0.465 e. The molecule has 0 aliphatic carbocycles. The van der Waals surface area contributed by atoms with Gasteiger partial charge in [0.25, 0.3) is 0 Å². The third-order valence-corrected chi connectivity index (χ3v) is 4.73. The zero-order valence-electron chi connectivity index (χ0n) is 14.5. The predicted molar refractivity (Wildman–Crippen MR) is 95.5 cm³/mol. The molecular weight excluding hydrogens is 320 g/mol. The van der Waals surface area contributed by atoms with Crippen LogP contribution in [0.1, 0.15) is 37.3 Å². The Morgan fingerprint density at radius 3 is 2.76 bits per heavy atom. The van der Waals surface area contributed by atoms with Gasteiger partial charge in [-0.15, -0.1) is 0 Å². The van der Waals surface area contributed by atoms with Gasteiger partial charge in [0, 0.05) is 32.4 Å². The number of hydrogen-bond acceptors (Lipinski definition) is 7. The molecule has 3 rings (SSSR count). The number of benzene rings is 1. The summed E-state index contributed by atoms with van der Waals surface area (Å²) in [6, 6.07) is 7.94. The van der Waals surface area contributed by atoms with Crippen LogP contribution in [0.25, 0.3) is 0 Å². The van der Waals surface area contributed by atoms with Gasteiger partial charge in [-0.05, 0) is 18.1 Å². The van der Waals surface area contributed by atoms with Gasteiger partial charge in [0.05, 0.1) is 25.1 Å². The van der Waals surface area contributed by atoms with E-state index in [-0.39, 0.29) is 11.6 Å². The summed E-state index contributed by atoms with van der Waals surface area (Å²) in [7, 11) is 0. The topological polar surface area (TPSA) is 89.5 Å².